The van der Waals surface area contributed by atoms with Crippen LogP contribution in [0, 0.1) is 17.0 Å². The lowest BCUT2D eigenvalue weighted by atomic mass is 10.2. The van der Waals surface area contributed by atoms with Gasteiger partial charge in [-0.25, -0.2) is 0 Å². The highest BCUT2D eigenvalue weighted by Gasteiger charge is 2.36. The van der Waals surface area contributed by atoms with Crippen LogP contribution in [0.1, 0.15) is 18.1 Å². The second kappa shape index (κ2) is 10.1. The molecule has 1 fully saturated rings. The summed E-state index contributed by atoms with van der Waals surface area (Å²) in [4.78, 5) is 46.9. The maximum absolute atomic E-state index is 12.5. The molecule has 13 heteroatoms. The number of imide groups is 1. The van der Waals surface area contributed by atoms with Crippen molar-refractivity contribution in [3.05, 3.63) is 68.6 Å². The molecule has 2 aromatic carbocycles. The molecule has 0 bridgehead atoms. The van der Waals surface area contributed by atoms with Crippen molar-refractivity contribution in [1.29, 1.82) is 0 Å². The van der Waals surface area contributed by atoms with Gasteiger partial charge in [-0.2, -0.15) is 8.42 Å². The van der Waals surface area contributed by atoms with Gasteiger partial charge in [-0.1, -0.05) is 18.2 Å². The number of ether oxygens (including phenoxy) is 1. The summed E-state index contributed by atoms with van der Waals surface area (Å²) >= 11 is 0.662. The molecule has 0 saturated carbocycles. The quantitative estimate of drug-likeness (QED) is 0.171. The van der Waals surface area contributed by atoms with E-state index in [1.807, 2.05) is 0 Å². The Labute approximate surface area is 198 Å². The van der Waals surface area contributed by atoms with E-state index in [2.05, 4.69) is 0 Å². The molecule has 1 saturated heterocycles. The third-order valence-corrected chi connectivity index (χ3v) is 6.67. The topological polar surface area (TPSA) is 150 Å². The first-order valence-electron chi connectivity index (χ1n) is 9.72. The summed E-state index contributed by atoms with van der Waals surface area (Å²) in [5.74, 6) is -1.41. The first-order chi connectivity index (χ1) is 16.0. The van der Waals surface area contributed by atoms with Gasteiger partial charge in [0.05, 0.1) is 16.4 Å². The van der Waals surface area contributed by atoms with Crippen molar-refractivity contribution in [3.8, 4) is 5.75 Å². The number of carbonyl (C=O) groups excluding carboxylic acids is 3. The smallest absolute Gasteiger partial charge is 0.339 e. The molecule has 0 spiro atoms. The van der Waals surface area contributed by atoms with Crippen molar-refractivity contribution in [1.82, 2.24) is 4.90 Å². The first-order valence-corrected chi connectivity index (χ1v) is 11.9. The van der Waals surface area contributed by atoms with Crippen LogP contribution in [0.5, 0.6) is 5.75 Å². The van der Waals surface area contributed by atoms with Gasteiger partial charge < -0.3 is 8.92 Å². The van der Waals surface area contributed by atoms with E-state index < -0.39 is 38.7 Å². The van der Waals surface area contributed by atoms with E-state index >= 15 is 0 Å². The number of thioether (sulfide) groups is 1. The number of nitro groups is 1. The zero-order valence-corrected chi connectivity index (χ0v) is 19.6. The zero-order chi connectivity index (χ0) is 25.0. The molecule has 3 rings (SSSR count). The van der Waals surface area contributed by atoms with E-state index in [1.165, 1.54) is 49.4 Å². The van der Waals surface area contributed by atoms with E-state index in [1.54, 1.807) is 6.92 Å². The van der Waals surface area contributed by atoms with Crippen LogP contribution in [0.25, 0.3) is 6.08 Å². The highest BCUT2D eigenvalue weighted by molar-refractivity contribution is 8.18. The van der Waals surface area contributed by atoms with E-state index in [4.69, 9.17) is 8.92 Å². The summed E-state index contributed by atoms with van der Waals surface area (Å²) in [7, 11) is -4.33. The number of carbonyl (C=O) groups is 3. The zero-order valence-electron chi connectivity index (χ0n) is 17.9. The third-order valence-electron chi connectivity index (χ3n) is 4.52. The fourth-order valence-electron chi connectivity index (χ4n) is 2.86. The molecule has 34 heavy (non-hydrogen) atoms. The largest absolute Gasteiger partial charge is 0.465 e. The van der Waals surface area contributed by atoms with Crippen molar-refractivity contribution in [2.24, 2.45) is 0 Å². The van der Waals surface area contributed by atoms with Gasteiger partial charge >= 0.3 is 16.1 Å². The van der Waals surface area contributed by atoms with Crippen LogP contribution >= 0.6 is 11.8 Å². The number of rotatable bonds is 8. The fraction of sp³-hybridized carbons (Fsp3) is 0.190. The summed E-state index contributed by atoms with van der Waals surface area (Å²) in [6.45, 7) is 2.72. The van der Waals surface area contributed by atoms with Gasteiger partial charge in [-0.15, -0.1) is 0 Å². The number of nitrogens with zero attached hydrogens (tertiary/aromatic N) is 2. The normalized spacial score (nSPS) is 15.0. The van der Waals surface area contributed by atoms with Crippen LogP contribution in [0.4, 0.5) is 10.5 Å². The minimum Gasteiger partial charge on any atom is -0.465 e. The molecule has 1 heterocycles. The monoisotopic (exact) mass is 506 g/mol. The van der Waals surface area contributed by atoms with Gasteiger partial charge in [0.2, 0.25) is 0 Å². The average molecular weight is 507 g/mol. The Morgan fingerprint density at radius 1 is 1.18 bits per heavy atom. The van der Waals surface area contributed by atoms with Crippen molar-refractivity contribution in [3.63, 3.8) is 0 Å². The standard InChI is InChI=1S/C21H18N2O9S2/c1-3-31-19(24)12-22-20(25)18(33-21(22)26)10-14-5-7-15(8-6-14)32-34(29,30)16-9-4-13(2)17(11-16)23(27)28/h4-11H,3,12H2,1-2H3/b18-10-. The molecule has 2 aromatic rings. The van der Waals surface area contributed by atoms with Gasteiger partial charge in [0.15, 0.2) is 0 Å². The van der Waals surface area contributed by atoms with Crippen LogP contribution < -0.4 is 4.18 Å². The maximum Gasteiger partial charge on any atom is 0.339 e. The molecule has 178 valence electrons. The minimum atomic E-state index is -4.33. The predicted octanol–water partition coefficient (Wildman–Crippen LogP) is 3.27. The highest BCUT2D eigenvalue weighted by atomic mass is 32.2. The molecule has 0 aliphatic carbocycles. The summed E-state index contributed by atoms with van der Waals surface area (Å²) in [6, 6.07) is 9.02. The first kappa shape index (κ1) is 24.9. The highest BCUT2D eigenvalue weighted by Crippen LogP contribution is 2.32. The number of nitro benzene ring substituents is 1. The Morgan fingerprint density at radius 2 is 1.85 bits per heavy atom. The summed E-state index contributed by atoms with van der Waals surface area (Å²) in [6.07, 6.45) is 1.41. The molecule has 1 aliphatic rings. The van der Waals surface area contributed by atoms with Crippen molar-refractivity contribution in [2.45, 2.75) is 18.7 Å². The number of amides is 2. The Bertz CT molecular complexity index is 1300. The third kappa shape index (κ3) is 5.61. The van der Waals surface area contributed by atoms with Crippen LogP contribution in [0.3, 0.4) is 0 Å². The number of esters is 1. The second-order valence-electron chi connectivity index (χ2n) is 6.88. The van der Waals surface area contributed by atoms with Crippen LogP contribution in [-0.4, -0.2) is 48.5 Å². The van der Waals surface area contributed by atoms with E-state index in [0.29, 0.717) is 22.9 Å². The number of benzene rings is 2. The average Bonchev–Trinajstić information content (AvgIpc) is 3.02. The van der Waals surface area contributed by atoms with E-state index in [0.717, 1.165) is 11.0 Å². The molecule has 0 radical (unpaired) electrons. The second-order valence-corrected chi connectivity index (χ2v) is 9.42. The van der Waals surface area contributed by atoms with Crippen LogP contribution in [0.2, 0.25) is 0 Å². The Balaban J connectivity index is 1.74. The predicted molar refractivity (Wildman–Crippen MR) is 121 cm³/mol. The Kier molecular flexibility index (Phi) is 7.37. The molecule has 1 aliphatic heterocycles. The summed E-state index contributed by atoms with van der Waals surface area (Å²) < 4.78 is 34.8. The van der Waals surface area contributed by atoms with Crippen molar-refractivity contribution < 1.29 is 36.6 Å². The molecule has 0 aromatic heterocycles. The van der Waals surface area contributed by atoms with Crippen LogP contribution in [-0.2, 0) is 24.4 Å². The van der Waals surface area contributed by atoms with E-state index in [9.17, 15) is 32.9 Å². The number of hydrogen-bond acceptors (Lipinski definition) is 10. The molecule has 2 amide bonds. The van der Waals surface area contributed by atoms with E-state index in [-0.39, 0.29) is 27.8 Å². The van der Waals surface area contributed by atoms with Gasteiger partial charge in [0.1, 0.15) is 17.2 Å². The minimum absolute atomic E-state index is 0.0595. The van der Waals surface area contributed by atoms with Gasteiger partial charge in [0, 0.05) is 11.6 Å². The molecule has 0 N–H and O–H groups in total. The SMILES string of the molecule is CCOC(=O)CN1C(=O)S/C(=C\c2ccc(OS(=O)(=O)c3ccc(C)c([N+](=O)[O-])c3)cc2)C1=O. The van der Waals surface area contributed by atoms with Crippen molar-refractivity contribution >= 4 is 50.8 Å². The lowest BCUT2D eigenvalue weighted by molar-refractivity contribution is -0.385. The van der Waals surface area contributed by atoms with Crippen LogP contribution in [0.15, 0.2) is 52.3 Å². The Hall–Kier alpha value is -3.71. The summed E-state index contributed by atoms with van der Waals surface area (Å²) in [5, 5.41) is 10.5. The number of hydrogen-bond donors (Lipinski definition) is 0. The molecule has 0 unspecified atom stereocenters. The molecule has 11 nitrogen and oxygen atoms in total. The van der Waals surface area contributed by atoms with Gasteiger partial charge in [0.25, 0.3) is 16.8 Å². The lowest BCUT2D eigenvalue weighted by Gasteiger charge is -2.10. The lowest BCUT2D eigenvalue weighted by Crippen LogP contribution is -2.34. The fourth-order valence-corrected chi connectivity index (χ4v) is 4.65. The molecule has 0 atom stereocenters. The Morgan fingerprint density at radius 3 is 2.47 bits per heavy atom. The van der Waals surface area contributed by atoms with Gasteiger partial charge in [-0.3, -0.25) is 29.4 Å². The maximum atomic E-state index is 12.5. The molecular formula is C21H18N2O9S2. The molecular weight excluding hydrogens is 488 g/mol. The van der Waals surface area contributed by atoms with Crippen molar-refractivity contribution in [2.75, 3.05) is 13.2 Å². The summed E-state index contributed by atoms with van der Waals surface area (Å²) in [5.41, 5.74) is 0.425. The number of aryl methyl sites for hydroxylation is 1. The van der Waals surface area contributed by atoms with Gasteiger partial charge in [-0.05, 0) is 55.4 Å².